The summed E-state index contributed by atoms with van der Waals surface area (Å²) in [7, 11) is 1.61. The molecule has 2 heterocycles. The Morgan fingerprint density at radius 2 is 2.30 bits per heavy atom. The molecule has 1 aromatic heterocycles. The molecule has 0 saturated carbocycles. The van der Waals surface area contributed by atoms with E-state index in [9.17, 15) is 5.11 Å². The number of benzene rings is 1. The van der Waals surface area contributed by atoms with Crippen LogP contribution in [0.5, 0.6) is 5.75 Å². The van der Waals surface area contributed by atoms with Crippen molar-refractivity contribution < 1.29 is 19.1 Å². The molecular weight excluding hydrogens is 260 g/mol. The lowest BCUT2D eigenvalue weighted by Gasteiger charge is -2.24. The fraction of sp³-hybridized carbons (Fsp3) is 0.429. The Morgan fingerprint density at radius 1 is 1.40 bits per heavy atom. The molecule has 1 N–H and O–H groups in total. The molecule has 1 aromatic carbocycles. The Bertz CT molecular complexity index is 584. The Balaban J connectivity index is 1.85. The van der Waals surface area contributed by atoms with Crippen molar-refractivity contribution in [3.05, 3.63) is 30.2 Å². The standard InChI is InChI=1S/C14H16N2O4/c1-18-10-4-2-3-9(7-10)13-15-14(20-16-13)11-8-19-6-5-12(11)17/h2-4,7,11-12,17H,5-6,8H2,1H3. The summed E-state index contributed by atoms with van der Waals surface area (Å²) in [4.78, 5) is 4.36. The highest BCUT2D eigenvalue weighted by molar-refractivity contribution is 5.56. The van der Waals surface area contributed by atoms with E-state index >= 15 is 0 Å². The topological polar surface area (TPSA) is 77.6 Å². The molecule has 1 fully saturated rings. The van der Waals surface area contributed by atoms with Gasteiger partial charge in [-0.15, -0.1) is 0 Å². The fourth-order valence-corrected chi connectivity index (χ4v) is 2.23. The van der Waals surface area contributed by atoms with Gasteiger partial charge in [0.05, 0.1) is 25.7 Å². The molecular formula is C14H16N2O4. The van der Waals surface area contributed by atoms with E-state index in [1.807, 2.05) is 24.3 Å². The van der Waals surface area contributed by atoms with Gasteiger partial charge >= 0.3 is 0 Å². The number of hydrogen-bond acceptors (Lipinski definition) is 6. The Labute approximate surface area is 116 Å². The summed E-state index contributed by atoms with van der Waals surface area (Å²) in [5.41, 5.74) is 0.811. The molecule has 20 heavy (non-hydrogen) atoms. The highest BCUT2D eigenvalue weighted by Gasteiger charge is 2.30. The minimum atomic E-state index is -0.498. The van der Waals surface area contributed by atoms with Crippen molar-refractivity contribution in [2.45, 2.75) is 18.4 Å². The van der Waals surface area contributed by atoms with Crippen molar-refractivity contribution in [1.29, 1.82) is 0 Å². The second-order valence-electron chi connectivity index (χ2n) is 4.73. The van der Waals surface area contributed by atoms with E-state index in [-0.39, 0.29) is 5.92 Å². The SMILES string of the molecule is COc1cccc(-c2noc(C3COCCC3O)n2)c1. The average molecular weight is 276 g/mol. The maximum atomic E-state index is 9.96. The normalized spacial score (nSPS) is 22.7. The zero-order valence-corrected chi connectivity index (χ0v) is 11.2. The van der Waals surface area contributed by atoms with Gasteiger partial charge in [-0.3, -0.25) is 0 Å². The molecule has 0 radical (unpaired) electrons. The van der Waals surface area contributed by atoms with Gasteiger partial charge in [0.25, 0.3) is 0 Å². The van der Waals surface area contributed by atoms with Crippen LogP contribution in [0.1, 0.15) is 18.2 Å². The van der Waals surface area contributed by atoms with Gasteiger partial charge in [0.1, 0.15) is 5.75 Å². The van der Waals surface area contributed by atoms with Gasteiger partial charge in [-0.05, 0) is 18.6 Å². The van der Waals surface area contributed by atoms with E-state index in [0.717, 1.165) is 11.3 Å². The molecule has 2 aromatic rings. The smallest absolute Gasteiger partial charge is 0.235 e. The second-order valence-corrected chi connectivity index (χ2v) is 4.73. The number of nitrogens with zero attached hydrogens (tertiary/aromatic N) is 2. The molecule has 0 aliphatic carbocycles. The summed E-state index contributed by atoms with van der Waals surface area (Å²) in [5.74, 6) is 1.37. The monoisotopic (exact) mass is 276 g/mol. The van der Waals surface area contributed by atoms with Crippen LogP contribution in [0.2, 0.25) is 0 Å². The van der Waals surface area contributed by atoms with Crippen LogP contribution in [-0.4, -0.2) is 41.7 Å². The van der Waals surface area contributed by atoms with E-state index in [1.165, 1.54) is 0 Å². The Hall–Kier alpha value is -1.92. The second kappa shape index (κ2) is 5.60. The summed E-state index contributed by atoms with van der Waals surface area (Å²) in [6, 6.07) is 7.43. The third-order valence-corrected chi connectivity index (χ3v) is 3.41. The first-order valence-corrected chi connectivity index (χ1v) is 6.52. The van der Waals surface area contributed by atoms with Crippen molar-refractivity contribution >= 4 is 0 Å². The van der Waals surface area contributed by atoms with Gasteiger partial charge in [0, 0.05) is 12.2 Å². The Kier molecular flexibility index (Phi) is 3.66. The predicted molar refractivity (Wildman–Crippen MR) is 70.5 cm³/mol. The number of aliphatic hydroxyl groups excluding tert-OH is 1. The molecule has 2 atom stereocenters. The van der Waals surface area contributed by atoms with Gasteiger partial charge in [-0.2, -0.15) is 4.98 Å². The molecule has 1 aliphatic rings. The summed E-state index contributed by atoms with van der Waals surface area (Å²) >= 11 is 0. The number of methoxy groups -OCH3 is 1. The molecule has 0 bridgehead atoms. The van der Waals surface area contributed by atoms with Crippen LogP contribution in [0.3, 0.4) is 0 Å². The summed E-state index contributed by atoms with van der Waals surface area (Å²) in [6.07, 6.45) is 0.0870. The quantitative estimate of drug-likeness (QED) is 0.917. The van der Waals surface area contributed by atoms with Crippen LogP contribution in [0, 0.1) is 0 Å². The summed E-state index contributed by atoms with van der Waals surface area (Å²) in [5, 5.41) is 13.9. The zero-order chi connectivity index (χ0) is 13.9. The molecule has 6 heteroatoms. The molecule has 0 amide bonds. The van der Waals surface area contributed by atoms with Crippen LogP contribution in [-0.2, 0) is 4.74 Å². The van der Waals surface area contributed by atoms with Crippen molar-refractivity contribution in [1.82, 2.24) is 10.1 Å². The van der Waals surface area contributed by atoms with Crippen molar-refractivity contribution in [3.63, 3.8) is 0 Å². The summed E-state index contributed by atoms with van der Waals surface area (Å²) in [6.45, 7) is 0.968. The number of ether oxygens (including phenoxy) is 2. The van der Waals surface area contributed by atoms with Crippen molar-refractivity contribution in [3.8, 4) is 17.1 Å². The molecule has 6 nitrogen and oxygen atoms in total. The molecule has 0 spiro atoms. The largest absolute Gasteiger partial charge is 0.497 e. The number of aliphatic hydroxyl groups is 1. The molecule has 3 rings (SSSR count). The van der Waals surface area contributed by atoms with Crippen LogP contribution < -0.4 is 4.74 Å². The minimum absolute atomic E-state index is 0.254. The summed E-state index contributed by atoms with van der Waals surface area (Å²) < 4.78 is 15.8. The van der Waals surface area contributed by atoms with E-state index in [0.29, 0.717) is 31.3 Å². The van der Waals surface area contributed by atoms with Gasteiger partial charge in [0.2, 0.25) is 11.7 Å². The lowest BCUT2D eigenvalue weighted by molar-refractivity contribution is -0.0149. The van der Waals surface area contributed by atoms with Crippen molar-refractivity contribution in [2.75, 3.05) is 20.3 Å². The van der Waals surface area contributed by atoms with Gasteiger partial charge < -0.3 is 19.1 Å². The first-order chi connectivity index (χ1) is 9.78. The highest BCUT2D eigenvalue weighted by Crippen LogP contribution is 2.27. The van der Waals surface area contributed by atoms with Crippen LogP contribution in [0.4, 0.5) is 0 Å². The highest BCUT2D eigenvalue weighted by atomic mass is 16.5. The first kappa shape index (κ1) is 13.1. The maximum Gasteiger partial charge on any atom is 0.235 e. The lowest BCUT2D eigenvalue weighted by atomic mass is 9.99. The van der Waals surface area contributed by atoms with Gasteiger partial charge in [0.15, 0.2) is 0 Å². The maximum absolute atomic E-state index is 9.96. The average Bonchev–Trinajstić information content (AvgIpc) is 2.97. The van der Waals surface area contributed by atoms with Gasteiger partial charge in [-0.25, -0.2) is 0 Å². The van der Waals surface area contributed by atoms with E-state index < -0.39 is 6.10 Å². The zero-order valence-electron chi connectivity index (χ0n) is 11.2. The molecule has 106 valence electrons. The number of hydrogen-bond donors (Lipinski definition) is 1. The first-order valence-electron chi connectivity index (χ1n) is 6.52. The number of rotatable bonds is 3. The van der Waals surface area contributed by atoms with Crippen LogP contribution in [0.15, 0.2) is 28.8 Å². The van der Waals surface area contributed by atoms with Crippen molar-refractivity contribution in [2.24, 2.45) is 0 Å². The van der Waals surface area contributed by atoms with E-state index in [4.69, 9.17) is 14.0 Å². The fourth-order valence-electron chi connectivity index (χ4n) is 2.23. The van der Waals surface area contributed by atoms with E-state index in [2.05, 4.69) is 10.1 Å². The molecule has 1 aliphatic heterocycles. The van der Waals surface area contributed by atoms with Crippen LogP contribution >= 0.6 is 0 Å². The Morgan fingerprint density at radius 3 is 3.10 bits per heavy atom. The van der Waals surface area contributed by atoms with E-state index in [1.54, 1.807) is 7.11 Å². The number of aromatic nitrogens is 2. The molecule has 2 unspecified atom stereocenters. The minimum Gasteiger partial charge on any atom is -0.497 e. The van der Waals surface area contributed by atoms with Crippen LogP contribution in [0.25, 0.3) is 11.4 Å². The third-order valence-electron chi connectivity index (χ3n) is 3.41. The molecule has 1 saturated heterocycles. The lowest BCUT2D eigenvalue weighted by Crippen LogP contribution is -2.30. The van der Waals surface area contributed by atoms with Gasteiger partial charge in [-0.1, -0.05) is 17.3 Å². The third kappa shape index (κ3) is 2.52. The predicted octanol–water partition coefficient (Wildman–Crippen LogP) is 1.61.